The van der Waals surface area contributed by atoms with E-state index in [9.17, 15) is 14.4 Å². The van der Waals surface area contributed by atoms with E-state index in [-0.39, 0.29) is 23.0 Å². The highest BCUT2D eigenvalue weighted by Gasteiger charge is 2.15. The molecule has 0 fully saturated rings. The van der Waals surface area contributed by atoms with Gasteiger partial charge < -0.3 is 5.32 Å². The van der Waals surface area contributed by atoms with E-state index in [1.165, 1.54) is 18.7 Å². The van der Waals surface area contributed by atoms with Gasteiger partial charge in [-0.05, 0) is 54.8 Å². The lowest BCUT2D eigenvalue weighted by molar-refractivity contribution is -0.114. The van der Waals surface area contributed by atoms with E-state index in [2.05, 4.69) is 24.1 Å². The van der Waals surface area contributed by atoms with Crippen molar-refractivity contribution >= 4 is 51.6 Å². The largest absolute Gasteiger partial charge is 0.326 e. The molecule has 0 radical (unpaired) electrons. The summed E-state index contributed by atoms with van der Waals surface area (Å²) in [6.45, 7) is 6.16. The molecule has 1 amide bonds. The molecule has 0 aliphatic heterocycles. The molecule has 8 heteroatoms. The van der Waals surface area contributed by atoms with E-state index in [4.69, 9.17) is 11.6 Å². The second-order valence-electron chi connectivity index (χ2n) is 7.67. The Labute approximate surface area is 190 Å². The van der Waals surface area contributed by atoms with Crippen LogP contribution in [0.5, 0.6) is 0 Å². The summed E-state index contributed by atoms with van der Waals surface area (Å²) in [4.78, 5) is 41.5. The van der Waals surface area contributed by atoms with Gasteiger partial charge in [0.25, 0.3) is 5.56 Å². The number of hydrogen-bond acceptors (Lipinski definition) is 5. The molecule has 162 valence electrons. The Bertz CT molecular complexity index is 1170. The summed E-state index contributed by atoms with van der Waals surface area (Å²) in [5, 5.41) is 4.19. The Balaban J connectivity index is 1.85. The van der Waals surface area contributed by atoms with Crippen LogP contribution < -0.4 is 10.9 Å². The fourth-order valence-electron chi connectivity index (χ4n) is 3.02. The molecule has 3 aromatic rings. The van der Waals surface area contributed by atoms with Crippen LogP contribution >= 0.6 is 23.4 Å². The van der Waals surface area contributed by atoms with E-state index in [0.29, 0.717) is 44.8 Å². The quantitative estimate of drug-likeness (QED) is 0.291. The van der Waals surface area contributed by atoms with Crippen molar-refractivity contribution in [3.63, 3.8) is 0 Å². The Morgan fingerprint density at radius 2 is 1.87 bits per heavy atom. The summed E-state index contributed by atoms with van der Waals surface area (Å²) >= 11 is 7.32. The van der Waals surface area contributed by atoms with Gasteiger partial charge >= 0.3 is 0 Å². The van der Waals surface area contributed by atoms with E-state index in [1.54, 1.807) is 47.0 Å². The van der Waals surface area contributed by atoms with Crippen molar-refractivity contribution in [1.29, 1.82) is 0 Å². The average Bonchev–Trinajstić information content (AvgIpc) is 2.71. The van der Waals surface area contributed by atoms with Crippen LogP contribution in [0.4, 0.5) is 5.69 Å². The number of ketones is 1. The molecule has 0 bridgehead atoms. The minimum Gasteiger partial charge on any atom is -0.326 e. The molecule has 2 aromatic carbocycles. The predicted molar refractivity (Wildman–Crippen MR) is 126 cm³/mol. The topological polar surface area (TPSA) is 81.1 Å². The third-order valence-electron chi connectivity index (χ3n) is 4.67. The molecule has 6 nitrogen and oxygen atoms in total. The standard InChI is InChI=1S/C23H24ClN3O3S/c1-14(2)10-11-27-22(30)19-9-6-17(24)12-20(19)26-23(27)31-13-21(29)16-4-7-18(8-5-16)25-15(3)28/h4-9,12,14H,10-11,13H2,1-3H3,(H,25,28). The lowest BCUT2D eigenvalue weighted by Gasteiger charge is -2.14. The van der Waals surface area contributed by atoms with Crippen molar-refractivity contribution in [2.75, 3.05) is 11.1 Å². The zero-order valence-corrected chi connectivity index (χ0v) is 19.2. The number of rotatable bonds is 8. The molecule has 0 saturated heterocycles. The van der Waals surface area contributed by atoms with Gasteiger partial charge in [0.2, 0.25) is 5.91 Å². The van der Waals surface area contributed by atoms with E-state index >= 15 is 0 Å². The zero-order chi connectivity index (χ0) is 22.5. The van der Waals surface area contributed by atoms with Crippen molar-refractivity contribution in [3.8, 4) is 0 Å². The molecule has 3 rings (SSSR count). The second-order valence-corrected chi connectivity index (χ2v) is 9.04. The Kier molecular flexibility index (Phi) is 7.51. The molecule has 0 aliphatic carbocycles. The highest BCUT2D eigenvalue weighted by atomic mass is 35.5. The summed E-state index contributed by atoms with van der Waals surface area (Å²) < 4.78 is 1.65. The number of aromatic nitrogens is 2. The highest BCUT2D eigenvalue weighted by molar-refractivity contribution is 7.99. The smallest absolute Gasteiger partial charge is 0.262 e. The molecule has 0 aliphatic rings. The maximum atomic E-state index is 13.1. The number of Topliss-reactive ketones (excluding diaryl/α,β-unsaturated/α-hetero) is 1. The van der Waals surface area contributed by atoms with Crippen LogP contribution in [0.1, 0.15) is 37.6 Å². The molecule has 1 heterocycles. The number of halogens is 1. The number of carbonyl (C=O) groups excluding carboxylic acids is 2. The van der Waals surface area contributed by atoms with Crippen LogP contribution in [0.15, 0.2) is 52.4 Å². The molecule has 31 heavy (non-hydrogen) atoms. The minimum atomic E-state index is -0.170. The Hall–Kier alpha value is -2.64. The first-order chi connectivity index (χ1) is 14.7. The number of nitrogens with zero attached hydrogens (tertiary/aromatic N) is 2. The van der Waals surface area contributed by atoms with Gasteiger partial charge in [-0.25, -0.2) is 4.98 Å². The fourth-order valence-corrected chi connectivity index (χ4v) is 4.11. The van der Waals surface area contributed by atoms with Crippen LogP contribution in [-0.2, 0) is 11.3 Å². The molecular weight excluding hydrogens is 434 g/mol. The van der Waals surface area contributed by atoms with Gasteiger partial charge in [0.15, 0.2) is 10.9 Å². The summed E-state index contributed by atoms with van der Waals surface area (Å²) in [5.74, 6) is 0.306. The molecule has 1 aromatic heterocycles. The van der Waals surface area contributed by atoms with Gasteiger partial charge in [-0.3, -0.25) is 19.0 Å². The number of amides is 1. The Morgan fingerprint density at radius 3 is 2.52 bits per heavy atom. The van der Waals surface area contributed by atoms with Crippen molar-refractivity contribution in [1.82, 2.24) is 9.55 Å². The first-order valence-corrected chi connectivity index (χ1v) is 11.3. The third kappa shape index (κ3) is 5.95. The monoisotopic (exact) mass is 457 g/mol. The lowest BCUT2D eigenvalue weighted by Crippen LogP contribution is -2.24. The minimum absolute atomic E-state index is 0.0878. The van der Waals surface area contributed by atoms with Crippen LogP contribution in [0.3, 0.4) is 0 Å². The molecule has 1 N–H and O–H groups in total. The van der Waals surface area contributed by atoms with Crippen LogP contribution in [0, 0.1) is 5.92 Å². The maximum absolute atomic E-state index is 13.1. The van der Waals surface area contributed by atoms with Gasteiger partial charge in [0.05, 0.1) is 16.7 Å². The first-order valence-electron chi connectivity index (χ1n) is 9.98. The highest BCUT2D eigenvalue weighted by Crippen LogP contribution is 2.22. The van der Waals surface area contributed by atoms with E-state index in [0.717, 1.165) is 6.42 Å². The summed E-state index contributed by atoms with van der Waals surface area (Å²) in [7, 11) is 0. The second kappa shape index (κ2) is 10.1. The fraction of sp³-hybridized carbons (Fsp3) is 0.304. The first kappa shape index (κ1) is 23.0. The third-order valence-corrected chi connectivity index (χ3v) is 5.88. The van der Waals surface area contributed by atoms with Gasteiger partial charge in [-0.1, -0.05) is 37.2 Å². The summed E-state index contributed by atoms with van der Waals surface area (Å²) in [6, 6.07) is 11.8. The average molecular weight is 458 g/mol. The number of anilines is 1. The Morgan fingerprint density at radius 1 is 1.16 bits per heavy atom. The maximum Gasteiger partial charge on any atom is 0.262 e. The number of nitrogens with one attached hydrogen (secondary N) is 1. The lowest BCUT2D eigenvalue weighted by atomic mass is 10.1. The summed E-state index contributed by atoms with van der Waals surface area (Å²) in [5.41, 5.74) is 1.55. The number of benzene rings is 2. The summed E-state index contributed by atoms with van der Waals surface area (Å²) in [6.07, 6.45) is 0.826. The van der Waals surface area contributed by atoms with Crippen molar-refractivity contribution < 1.29 is 9.59 Å². The van der Waals surface area contributed by atoms with Crippen LogP contribution in [0.25, 0.3) is 10.9 Å². The van der Waals surface area contributed by atoms with Crippen LogP contribution in [0.2, 0.25) is 5.02 Å². The molecule has 0 unspecified atom stereocenters. The number of thioether (sulfide) groups is 1. The predicted octanol–water partition coefficient (Wildman–Crippen LogP) is 5.03. The molecule has 0 atom stereocenters. The van der Waals surface area contributed by atoms with Crippen molar-refractivity contribution in [2.45, 2.75) is 38.9 Å². The molecule has 0 spiro atoms. The number of hydrogen-bond donors (Lipinski definition) is 1. The van der Waals surface area contributed by atoms with Gasteiger partial charge in [-0.2, -0.15) is 0 Å². The van der Waals surface area contributed by atoms with E-state index in [1.807, 2.05) is 0 Å². The molecule has 0 saturated carbocycles. The van der Waals surface area contributed by atoms with Gasteiger partial charge in [0.1, 0.15) is 0 Å². The van der Waals surface area contributed by atoms with Gasteiger partial charge in [-0.15, -0.1) is 0 Å². The number of fused-ring (bicyclic) bond motifs is 1. The number of carbonyl (C=O) groups is 2. The van der Waals surface area contributed by atoms with Gasteiger partial charge in [0, 0.05) is 29.7 Å². The van der Waals surface area contributed by atoms with Crippen molar-refractivity contribution in [3.05, 3.63) is 63.4 Å². The normalized spacial score (nSPS) is 11.1. The molecular formula is C23H24ClN3O3S. The SMILES string of the molecule is CC(=O)Nc1ccc(C(=O)CSc2nc3cc(Cl)ccc3c(=O)n2CCC(C)C)cc1. The van der Waals surface area contributed by atoms with E-state index < -0.39 is 0 Å². The van der Waals surface area contributed by atoms with Crippen LogP contribution in [-0.4, -0.2) is 27.0 Å². The zero-order valence-electron chi connectivity index (χ0n) is 17.6. The van der Waals surface area contributed by atoms with Crippen molar-refractivity contribution in [2.24, 2.45) is 5.92 Å².